The Balaban J connectivity index is 1.47. The van der Waals surface area contributed by atoms with Crippen molar-refractivity contribution < 1.29 is 0 Å². The molecule has 2 atom stereocenters. The van der Waals surface area contributed by atoms with Crippen LogP contribution in [0.2, 0.25) is 0 Å². The van der Waals surface area contributed by atoms with Crippen LogP contribution in [0.1, 0.15) is 25.7 Å². The highest BCUT2D eigenvalue weighted by Gasteiger charge is 2.26. The number of nitrogens with two attached hydrogens (primary N) is 1. The summed E-state index contributed by atoms with van der Waals surface area (Å²) in [4.78, 5) is 9.40. The third-order valence-corrected chi connectivity index (χ3v) is 5.35. The van der Waals surface area contributed by atoms with Gasteiger partial charge in [0.2, 0.25) is 0 Å². The molecular formula is C14H24N4S. The maximum atomic E-state index is 6.26. The molecule has 0 aromatic carbocycles. The molecule has 2 unspecified atom stereocenters. The highest BCUT2D eigenvalue weighted by molar-refractivity contribution is 7.13. The summed E-state index contributed by atoms with van der Waals surface area (Å²) in [5.74, 6) is 0.722. The quantitative estimate of drug-likeness (QED) is 0.917. The third-order valence-electron chi connectivity index (χ3n) is 4.52. The summed E-state index contributed by atoms with van der Waals surface area (Å²) in [5, 5.41) is 3.23. The number of piperazine rings is 1. The Morgan fingerprint density at radius 1 is 1.21 bits per heavy atom. The summed E-state index contributed by atoms with van der Waals surface area (Å²) in [6.45, 7) is 5.73. The third kappa shape index (κ3) is 3.27. The molecule has 0 spiro atoms. The van der Waals surface area contributed by atoms with Gasteiger partial charge in [0.05, 0.1) is 0 Å². The van der Waals surface area contributed by atoms with Crippen LogP contribution in [0.25, 0.3) is 0 Å². The molecular weight excluding hydrogens is 256 g/mol. The Morgan fingerprint density at radius 2 is 2.00 bits per heavy atom. The Bertz CT molecular complexity index is 373. The Kier molecular flexibility index (Phi) is 4.35. The van der Waals surface area contributed by atoms with Gasteiger partial charge in [-0.15, -0.1) is 11.3 Å². The number of hydrogen-bond acceptors (Lipinski definition) is 5. The predicted octanol–water partition coefficient (Wildman–Crippen LogP) is 1.78. The van der Waals surface area contributed by atoms with Crippen molar-refractivity contribution in [3.05, 3.63) is 11.6 Å². The molecule has 2 fully saturated rings. The Morgan fingerprint density at radius 3 is 2.68 bits per heavy atom. The monoisotopic (exact) mass is 280 g/mol. The first kappa shape index (κ1) is 13.3. The molecule has 106 valence electrons. The van der Waals surface area contributed by atoms with Crippen LogP contribution in [0.5, 0.6) is 0 Å². The van der Waals surface area contributed by atoms with Gasteiger partial charge in [0.25, 0.3) is 0 Å². The van der Waals surface area contributed by atoms with Crippen molar-refractivity contribution in [2.24, 2.45) is 11.7 Å². The minimum atomic E-state index is 0.436. The smallest absolute Gasteiger partial charge is 0.185 e. The van der Waals surface area contributed by atoms with Crippen LogP contribution in [-0.2, 0) is 0 Å². The summed E-state index contributed by atoms with van der Waals surface area (Å²) in [5.41, 5.74) is 6.26. The van der Waals surface area contributed by atoms with Gasteiger partial charge in [-0.1, -0.05) is 12.8 Å². The van der Waals surface area contributed by atoms with E-state index in [1.165, 1.54) is 37.4 Å². The molecule has 1 aliphatic heterocycles. The molecule has 0 amide bonds. The number of nitrogens with zero attached hydrogens (tertiary/aromatic N) is 3. The normalized spacial score (nSPS) is 29.6. The van der Waals surface area contributed by atoms with Crippen molar-refractivity contribution in [3.63, 3.8) is 0 Å². The molecule has 4 nitrogen and oxygen atoms in total. The fourth-order valence-corrected chi connectivity index (χ4v) is 3.99. The summed E-state index contributed by atoms with van der Waals surface area (Å²) >= 11 is 1.74. The average Bonchev–Trinajstić information content (AvgIpc) is 2.96. The summed E-state index contributed by atoms with van der Waals surface area (Å²) < 4.78 is 0. The predicted molar refractivity (Wildman–Crippen MR) is 80.7 cm³/mol. The largest absolute Gasteiger partial charge is 0.346 e. The molecule has 19 heavy (non-hydrogen) atoms. The second-order valence-corrected chi connectivity index (χ2v) is 6.68. The lowest BCUT2D eigenvalue weighted by atomic mass is 9.84. The highest BCUT2D eigenvalue weighted by Crippen LogP contribution is 2.25. The molecule has 2 heterocycles. The first-order chi connectivity index (χ1) is 9.33. The van der Waals surface area contributed by atoms with Crippen molar-refractivity contribution in [1.29, 1.82) is 0 Å². The molecule has 5 heteroatoms. The van der Waals surface area contributed by atoms with Crippen LogP contribution in [0, 0.1) is 5.92 Å². The zero-order chi connectivity index (χ0) is 13.1. The van der Waals surface area contributed by atoms with E-state index >= 15 is 0 Å². The fourth-order valence-electron chi connectivity index (χ4n) is 3.29. The molecule has 0 radical (unpaired) electrons. The fraction of sp³-hybridized carbons (Fsp3) is 0.786. The van der Waals surface area contributed by atoms with Gasteiger partial charge >= 0.3 is 0 Å². The van der Waals surface area contributed by atoms with Gasteiger partial charge in [0.15, 0.2) is 5.13 Å². The topological polar surface area (TPSA) is 45.4 Å². The first-order valence-corrected chi connectivity index (χ1v) is 8.33. The van der Waals surface area contributed by atoms with E-state index < -0.39 is 0 Å². The molecule has 1 aromatic rings. The lowest BCUT2D eigenvalue weighted by Gasteiger charge is -2.38. The first-order valence-electron chi connectivity index (χ1n) is 7.45. The summed E-state index contributed by atoms with van der Waals surface area (Å²) in [7, 11) is 0. The van der Waals surface area contributed by atoms with E-state index in [1.807, 2.05) is 6.20 Å². The van der Waals surface area contributed by atoms with Gasteiger partial charge in [0.1, 0.15) is 0 Å². The van der Waals surface area contributed by atoms with E-state index in [1.54, 1.807) is 11.3 Å². The zero-order valence-electron chi connectivity index (χ0n) is 11.5. The van der Waals surface area contributed by atoms with E-state index in [-0.39, 0.29) is 0 Å². The van der Waals surface area contributed by atoms with Crippen LogP contribution in [0.4, 0.5) is 5.13 Å². The molecule has 0 bridgehead atoms. The average molecular weight is 280 g/mol. The molecule has 2 aliphatic rings. The number of rotatable bonds is 3. The number of hydrogen-bond donors (Lipinski definition) is 1. The van der Waals surface area contributed by atoms with Gasteiger partial charge in [-0.25, -0.2) is 4.98 Å². The van der Waals surface area contributed by atoms with Crippen LogP contribution in [-0.4, -0.2) is 48.6 Å². The number of aromatic nitrogens is 1. The second-order valence-electron chi connectivity index (χ2n) is 5.81. The number of anilines is 1. The minimum absolute atomic E-state index is 0.436. The lowest BCUT2D eigenvalue weighted by Crippen LogP contribution is -2.50. The standard InChI is InChI=1S/C14H24N4S/c15-13-4-2-1-3-12(13)11-17-6-8-18(9-7-17)14-16-5-10-19-14/h5,10,12-13H,1-4,6-9,11,15H2. The van der Waals surface area contributed by atoms with E-state index in [2.05, 4.69) is 20.2 Å². The van der Waals surface area contributed by atoms with Crippen molar-refractivity contribution in [2.45, 2.75) is 31.7 Å². The van der Waals surface area contributed by atoms with E-state index in [0.29, 0.717) is 6.04 Å². The van der Waals surface area contributed by atoms with Crippen LogP contribution >= 0.6 is 11.3 Å². The van der Waals surface area contributed by atoms with E-state index in [9.17, 15) is 0 Å². The van der Waals surface area contributed by atoms with Crippen LogP contribution in [0.3, 0.4) is 0 Å². The van der Waals surface area contributed by atoms with Crippen molar-refractivity contribution in [2.75, 3.05) is 37.6 Å². The van der Waals surface area contributed by atoms with Gasteiger partial charge in [-0.05, 0) is 18.8 Å². The zero-order valence-corrected chi connectivity index (χ0v) is 12.3. The summed E-state index contributed by atoms with van der Waals surface area (Å²) in [6, 6.07) is 0.436. The van der Waals surface area contributed by atoms with Gasteiger partial charge in [-0.3, -0.25) is 4.90 Å². The maximum absolute atomic E-state index is 6.26. The lowest BCUT2D eigenvalue weighted by molar-refractivity contribution is 0.177. The van der Waals surface area contributed by atoms with Gasteiger partial charge in [-0.2, -0.15) is 0 Å². The van der Waals surface area contributed by atoms with Crippen molar-refractivity contribution in [3.8, 4) is 0 Å². The highest BCUT2D eigenvalue weighted by atomic mass is 32.1. The minimum Gasteiger partial charge on any atom is -0.346 e. The SMILES string of the molecule is NC1CCCCC1CN1CCN(c2nccs2)CC1. The Labute approximate surface area is 119 Å². The van der Waals surface area contributed by atoms with Crippen molar-refractivity contribution in [1.82, 2.24) is 9.88 Å². The maximum Gasteiger partial charge on any atom is 0.185 e. The Hall–Kier alpha value is -0.650. The second kappa shape index (κ2) is 6.20. The van der Waals surface area contributed by atoms with Crippen molar-refractivity contribution >= 4 is 16.5 Å². The molecule has 1 aliphatic carbocycles. The molecule has 1 saturated heterocycles. The van der Waals surface area contributed by atoms with Crippen LogP contribution < -0.4 is 10.6 Å². The molecule has 1 saturated carbocycles. The molecule has 1 aromatic heterocycles. The van der Waals surface area contributed by atoms with Gasteiger partial charge in [0, 0.05) is 50.3 Å². The van der Waals surface area contributed by atoms with Crippen LogP contribution in [0.15, 0.2) is 11.6 Å². The molecule has 2 N–H and O–H groups in total. The van der Waals surface area contributed by atoms with E-state index in [4.69, 9.17) is 5.73 Å². The van der Waals surface area contributed by atoms with Gasteiger partial charge < -0.3 is 10.6 Å². The number of thiazole rings is 1. The summed E-state index contributed by atoms with van der Waals surface area (Å²) in [6.07, 6.45) is 7.15. The molecule has 3 rings (SSSR count). The van der Waals surface area contributed by atoms with E-state index in [0.717, 1.165) is 32.1 Å².